The smallest absolute Gasteiger partial charge is 0.323 e. The molecular weight excluding hydrogens is 402 g/mol. The average molecular weight is 420 g/mol. The van der Waals surface area contributed by atoms with E-state index in [4.69, 9.17) is 11.6 Å². The molecular formula is C21H18ClN7O. The van der Waals surface area contributed by atoms with Crippen molar-refractivity contribution >= 4 is 40.5 Å². The highest BCUT2D eigenvalue weighted by molar-refractivity contribution is 6.33. The largest absolute Gasteiger partial charge is 0.340 e. The van der Waals surface area contributed by atoms with Crippen LogP contribution < -0.4 is 16.0 Å². The maximum atomic E-state index is 12.2. The molecule has 0 saturated carbocycles. The highest BCUT2D eigenvalue weighted by Crippen LogP contribution is 2.23. The number of aryl methyl sites for hydroxylation is 1. The van der Waals surface area contributed by atoms with E-state index in [0.717, 1.165) is 11.3 Å². The number of amides is 2. The molecule has 0 saturated heterocycles. The first-order valence-electron chi connectivity index (χ1n) is 9.10. The molecule has 9 heteroatoms. The molecule has 0 atom stereocenters. The zero-order valence-electron chi connectivity index (χ0n) is 16.0. The fourth-order valence-corrected chi connectivity index (χ4v) is 3.02. The van der Waals surface area contributed by atoms with Gasteiger partial charge in [0, 0.05) is 29.8 Å². The van der Waals surface area contributed by atoms with Crippen LogP contribution in [0, 0.1) is 6.92 Å². The van der Waals surface area contributed by atoms with Crippen molar-refractivity contribution in [3.05, 3.63) is 83.9 Å². The summed E-state index contributed by atoms with van der Waals surface area (Å²) in [5.41, 5.74) is 3.03. The predicted molar refractivity (Wildman–Crippen MR) is 118 cm³/mol. The summed E-state index contributed by atoms with van der Waals surface area (Å²) in [7, 11) is 0. The summed E-state index contributed by atoms with van der Waals surface area (Å²) in [4.78, 5) is 20.6. The number of carbonyl (C=O) groups excluding carboxylic acids is 1. The zero-order valence-corrected chi connectivity index (χ0v) is 16.8. The molecule has 2 aromatic carbocycles. The minimum absolute atomic E-state index is 0.374. The quantitative estimate of drug-likeness (QED) is 0.422. The van der Waals surface area contributed by atoms with Crippen LogP contribution in [0.2, 0.25) is 5.02 Å². The second kappa shape index (κ2) is 8.62. The van der Waals surface area contributed by atoms with Gasteiger partial charge in [0.25, 0.3) is 0 Å². The lowest BCUT2D eigenvalue weighted by molar-refractivity contribution is 0.262. The Labute approximate surface area is 177 Å². The molecule has 3 N–H and O–H groups in total. The van der Waals surface area contributed by atoms with Crippen LogP contribution in [-0.2, 0) is 0 Å². The lowest BCUT2D eigenvalue weighted by Crippen LogP contribution is -2.19. The Bertz CT molecular complexity index is 1160. The first-order chi connectivity index (χ1) is 14.6. The van der Waals surface area contributed by atoms with Crippen LogP contribution >= 0.6 is 11.6 Å². The van der Waals surface area contributed by atoms with E-state index in [9.17, 15) is 4.79 Å². The van der Waals surface area contributed by atoms with Crippen LogP contribution in [0.15, 0.2) is 73.3 Å². The number of urea groups is 1. The number of nitrogens with zero attached hydrogens (tertiary/aromatic N) is 4. The van der Waals surface area contributed by atoms with E-state index >= 15 is 0 Å². The van der Waals surface area contributed by atoms with Gasteiger partial charge in [0.1, 0.15) is 12.1 Å². The highest BCUT2D eigenvalue weighted by atomic mass is 35.5. The molecule has 0 unspecified atom stereocenters. The lowest BCUT2D eigenvalue weighted by Gasteiger charge is -2.11. The number of hydrogen-bond donors (Lipinski definition) is 3. The standard InChI is InChI=1S/C21H18ClN7O/c1-14-3-8-18(17(22)11-14)28-21(30)27-16-6-4-15(5-7-16)26-19-12-20(24-13-23-19)29-10-2-9-25-29/h2-13H,1H3,(H,23,24,26)(H2,27,28,30). The number of nitrogens with one attached hydrogen (secondary N) is 3. The van der Waals surface area contributed by atoms with Gasteiger partial charge in [0.2, 0.25) is 0 Å². The predicted octanol–water partition coefficient (Wildman–Crippen LogP) is 5.01. The van der Waals surface area contributed by atoms with Gasteiger partial charge < -0.3 is 16.0 Å². The van der Waals surface area contributed by atoms with Crippen molar-refractivity contribution < 1.29 is 4.79 Å². The maximum absolute atomic E-state index is 12.2. The molecule has 2 heterocycles. The molecule has 8 nitrogen and oxygen atoms in total. The lowest BCUT2D eigenvalue weighted by atomic mass is 10.2. The van der Waals surface area contributed by atoms with Crippen molar-refractivity contribution in [1.82, 2.24) is 19.7 Å². The molecule has 0 radical (unpaired) electrons. The molecule has 2 aromatic heterocycles. The molecule has 4 aromatic rings. The Morgan fingerprint density at radius 2 is 1.80 bits per heavy atom. The van der Waals surface area contributed by atoms with E-state index in [1.165, 1.54) is 6.33 Å². The Hall–Kier alpha value is -3.91. The van der Waals surface area contributed by atoms with Gasteiger partial charge in [0.05, 0.1) is 10.7 Å². The highest BCUT2D eigenvalue weighted by Gasteiger charge is 2.07. The van der Waals surface area contributed by atoms with Crippen molar-refractivity contribution in [2.75, 3.05) is 16.0 Å². The normalized spacial score (nSPS) is 10.5. The summed E-state index contributed by atoms with van der Waals surface area (Å²) in [6.45, 7) is 1.94. The van der Waals surface area contributed by atoms with Gasteiger partial charge in [-0.2, -0.15) is 5.10 Å². The van der Waals surface area contributed by atoms with Crippen molar-refractivity contribution in [3.63, 3.8) is 0 Å². The van der Waals surface area contributed by atoms with E-state index in [1.807, 2.05) is 31.2 Å². The van der Waals surface area contributed by atoms with Crippen molar-refractivity contribution in [3.8, 4) is 5.82 Å². The number of carbonyl (C=O) groups is 1. The fourth-order valence-electron chi connectivity index (χ4n) is 2.74. The molecule has 0 fully saturated rings. The van der Waals surface area contributed by atoms with E-state index in [1.54, 1.807) is 47.4 Å². The fraction of sp³-hybridized carbons (Fsp3) is 0.0476. The van der Waals surface area contributed by atoms with Gasteiger partial charge in [-0.3, -0.25) is 0 Å². The number of benzene rings is 2. The van der Waals surface area contributed by atoms with Crippen molar-refractivity contribution in [1.29, 1.82) is 0 Å². The summed E-state index contributed by atoms with van der Waals surface area (Å²) in [5, 5.41) is 13.4. The average Bonchev–Trinajstić information content (AvgIpc) is 3.27. The molecule has 30 heavy (non-hydrogen) atoms. The summed E-state index contributed by atoms with van der Waals surface area (Å²) >= 11 is 6.15. The van der Waals surface area contributed by atoms with Crippen LogP contribution in [0.25, 0.3) is 5.82 Å². The van der Waals surface area contributed by atoms with Gasteiger partial charge in [-0.25, -0.2) is 19.4 Å². The van der Waals surface area contributed by atoms with Gasteiger partial charge >= 0.3 is 6.03 Å². The van der Waals surface area contributed by atoms with Crippen molar-refractivity contribution in [2.45, 2.75) is 6.92 Å². The third-order valence-electron chi connectivity index (χ3n) is 4.18. The van der Waals surface area contributed by atoms with Gasteiger partial charge in [0.15, 0.2) is 5.82 Å². The number of hydrogen-bond acceptors (Lipinski definition) is 5. The topological polar surface area (TPSA) is 96.8 Å². The van der Waals surface area contributed by atoms with E-state index in [0.29, 0.717) is 28.0 Å². The van der Waals surface area contributed by atoms with Crippen LogP contribution in [0.5, 0.6) is 0 Å². The van der Waals surface area contributed by atoms with Crippen LogP contribution in [-0.4, -0.2) is 25.8 Å². The van der Waals surface area contributed by atoms with Gasteiger partial charge in [-0.05, 0) is 55.0 Å². The van der Waals surface area contributed by atoms with E-state index in [-0.39, 0.29) is 6.03 Å². The third kappa shape index (κ3) is 4.73. The molecule has 4 rings (SSSR count). The summed E-state index contributed by atoms with van der Waals surface area (Å²) in [6.07, 6.45) is 4.96. The minimum atomic E-state index is -0.374. The second-order valence-corrected chi connectivity index (χ2v) is 6.88. The van der Waals surface area contributed by atoms with Crippen LogP contribution in [0.4, 0.5) is 27.7 Å². The minimum Gasteiger partial charge on any atom is -0.340 e. The van der Waals surface area contributed by atoms with Gasteiger partial charge in [-0.15, -0.1) is 0 Å². The van der Waals surface area contributed by atoms with Crippen LogP contribution in [0.3, 0.4) is 0 Å². The van der Waals surface area contributed by atoms with E-state index < -0.39 is 0 Å². The SMILES string of the molecule is Cc1ccc(NC(=O)Nc2ccc(Nc3cc(-n4cccn4)ncn3)cc2)c(Cl)c1. The first kappa shape index (κ1) is 19.4. The Kier molecular flexibility index (Phi) is 5.58. The monoisotopic (exact) mass is 419 g/mol. The van der Waals surface area contributed by atoms with E-state index in [2.05, 4.69) is 31.0 Å². The number of anilines is 4. The van der Waals surface area contributed by atoms with Gasteiger partial charge in [-0.1, -0.05) is 17.7 Å². The third-order valence-corrected chi connectivity index (χ3v) is 4.49. The second-order valence-electron chi connectivity index (χ2n) is 6.48. The Balaban J connectivity index is 1.38. The zero-order chi connectivity index (χ0) is 20.9. The molecule has 0 spiro atoms. The number of rotatable bonds is 5. The molecule has 0 bridgehead atoms. The van der Waals surface area contributed by atoms with Crippen LogP contribution in [0.1, 0.15) is 5.56 Å². The number of aromatic nitrogens is 4. The molecule has 0 aliphatic rings. The number of halogens is 1. The maximum Gasteiger partial charge on any atom is 0.323 e. The Morgan fingerprint density at radius 1 is 1.00 bits per heavy atom. The molecule has 2 amide bonds. The molecule has 150 valence electrons. The Morgan fingerprint density at radius 3 is 2.53 bits per heavy atom. The first-order valence-corrected chi connectivity index (χ1v) is 9.48. The summed E-state index contributed by atoms with van der Waals surface area (Å²) in [5.74, 6) is 1.28. The summed E-state index contributed by atoms with van der Waals surface area (Å²) in [6, 6.07) is 15.9. The summed E-state index contributed by atoms with van der Waals surface area (Å²) < 4.78 is 1.65. The molecule has 0 aliphatic carbocycles. The molecule has 0 aliphatic heterocycles. The van der Waals surface area contributed by atoms with Crippen molar-refractivity contribution in [2.24, 2.45) is 0 Å².